The van der Waals surface area contributed by atoms with E-state index in [1.165, 1.54) is 19.1 Å². The quantitative estimate of drug-likeness (QED) is 0.335. The predicted octanol–water partition coefficient (Wildman–Crippen LogP) is 2.64. The van der Waals surface area contributed by atoms with E-state index in [2.05, 4.69) is 15.9 Å². The summed E-state index contributed by atoms with van der Waals surface area (Å²) < 4.78 is 10.4. The zero-order valence-electron chi connectivity index (χ0n) is 15.3. The average molecular weight is 454 g/mol. The second kappa shape index (κ2) is 9.32. The Kier molecular flexibility index (Phi) is 7.11. The Bertz CT molecular complexity index is 862. The van der Waals surface area contributed by atoms with E-state index in [0.717, 1.165) is 12.1 Å². The minimum Gasteiger partial charge on any atom is -0.504 e. The highest BCUT2D eigenvalue weighted by molar-refractivity contribution is 9.08. The third-order valence-electron chi connectivity index (χ3n) is 3.98. The summed E-state index contributed by atoms with van der Waals surface area (Å²) in [5, 5.41) is 28.8. The zero-order valence-corrected chi connectivity index (χ0v) is 16.9. The highest BCUT2D eigenvalue weighted by atomic mass is 79.9. The van der Waals surface area contributed by atoms with Crippen LogP contribution in [0.25, 0.3) is 0 Å². The first kappa shape index (κ1) is 21.4. The molecule has 150 valence electrons. The summed E-state index contributed by atoms with van der Waals surface area (Å²) in [4.78, 5) is 25.4. The molecule has 3 N–H and O–H groups in total. The normalized spacial score (nSPS) is 10.4. The number of methoxy groups -OCH3 is 1. The lowest BCUT2D eigenvalue weighted by atomic mass is 10.1. The summed E-state index contributed by atoms with van der Waals surface area (Å²) in [6.07, 6.45) is 0. The summed E-state index contributed by atoms with van der Waals surface area (Å²) >= 11 is 3.32. The number of carbonyl (C=O) groups is 2. The van der Waals surface area contributed by atoms with Crippen LogP contribution in [0.5, 0.6) is 23.0 Å². The van der Waals surface area contributed by atoms with Gasteiger partial charge in [0.1, 0.15) is 12.4 Å². The highest BCUT2D eigenvalue weighted by Crippen LogP contribution is 2.35. The summed E-state index contributed by atoms with van der Waals surface area (Å²) in [7, 11) is 2.85. The molecule has 0 atom stereocenters. The van der Waals surface area contributed by atoms with E-state index in [0.29, 0.717) is 22.2 Å². The second-order valence-corrected chi connectivity index (χ2v) is 6.44. The van der Waals surface area contributed by atoms with E-state index < -0.39 is 29.1 Å². The number of alkyl halides is 1. The lowest BCUT2D eigenvalue weighted by Gasteiger charge is -2.18. The van der Waals surface area contributed by atoms with Crippen molar-refractivity contribution < 1.29 is 34.4 Å². The largest absolute Gasteiger partial charge is 0.504 e. The van der Waals surface area contributed by atoms with Crippen molar-refractivity contribution in [3.05, 3.63) is 47.0 Å². The first-order valence-corrected chi connectivity index (χ1v) is 9.31. The van der Waals surface area contributed by atoms with Gasteiger partial charge in [-0.15, -0.1) is 0 Å². The maximum absolute atomic E-state index is 12.4. The van der Waals surface area contributed by atoms with Gasteiger partial charge in [0.15, 0.2) is 17.2 Å². The number of amides is 1. The van der Waals surface area contributed by atoms with Crippen LogP contribution in [-0.2, 0) is 10.1 Å². The van der Waals surface area contributed by atoms with Gasteiger partial charge in [0.25, 0.3) is 5.91 Å². The molecule has 0 saturated heterocycles. The number of esters is 1. The van der Waals surface area contributed by atoms with Crippen molar-refractivity contribution in [1.29, 1.82) is 0 Å². The number of rotatable bonds is 7. The molecule has 2 aromatic rings. The second-order valence-electron chi connectivity index (χ2n) is 5.88. The van der Waals surface area contributed by atoms with Crippen LogP contribution < -0.4 is 4.74 Å². The van der Waals surface area contributed by atoms with E-state index >= 15 is 0 Å². The summed E-state index contributed by atoms with van der Waals surface area (Å²) in [6.45, 7) is 0.404. The molecule has 0 spiro atoms. The number of likely N-dealkylation sites (N-methyl/N-ethyl adjacent to an activating group) is 1. The van der Waals surface area contributed by atoms with Gasteiger partial charge in [0.05, 0.1) is 19.2 Å². The number of aromatic hydroxyl groups is 3. The van der Waals surface area contributed by atoms with E-state index in [4.69, 9.17) is 9.47 Å². The standard InChI is InChI=1S/C19H20BrNO7/c1-21(18(25)11-8-15(22)17(24)16(23)9-11)5-6-28-13-3-4-14(19(26)27-2)12(7-13)10-20/h3-4,7-9,22-24H,5-6,10H2,1-2H3. The molecule has 0 aliphatic carbocycles. The highest BCUT2D eigenvalue weighted by Gasteiger charge is 2.17. The van der Waals surface area contributed by atoms with Crippen LogP contribution in [0.3, 0.4) is 0 Å². The lowest BCUT2D eigenvalue weighted by molar-refractivity contribution is 0.0599. The van der Waals surface area contributed by atoms with Crippen molar-refractivity contribution >= 4 is 27.8 Å². The minimum absolute atomic E-state index is 0.0271. The number of halogens is 1. The molecule has 0 aliphatic rings. The van der Waals surface area contributed by atoms with E-state index in [1.54, 1.807) is 18.2 Å². The number of ether oxygens (including phenoxy) is 2. The van der Waals surface area contributed by atoms with Gasteiger partial charge in [0, 0.05) is 17.9 Å². The van der Waals surface area contributed by atoms with Gasteiger partial charge in [-0.25, -0.2) is 4.79 Å². The van der Waals surface area contributed by atoms with Gasteiger partial charge in [-0.3, -0.25) is 4.79 Å². The summed E-state index contributed by atoms with van der Waals surface area (Å²) in [6, 6.07) is 7.09. The number of benzene rings is 2. The molecule has 0 radical (unpaired) electrons. The first-order valence-electron chi connectivity index (χ1n) is 8.18. The van der Waals surface area contributed by atoms with Crippen molar-refractivity contribution in [2.45, 2.75) is 5.33 Å². The molecular weight excluding hydrogens is 434 g/mol. The zero-order chi connectivity index (χ0) is 20.8. The maximum atomic E-state index is 12.4. The average Bonchev–Trinajstić information content (AvgIpc) is 2.70. The predicted molar refractivity (Wildman–Crippen MR) is 104 cm³/mol. The van der Waals surface area contributed by atoms with Crippen LogP contribution in [0, 0.1) is 0 Å². The fourth-order valence-electron chi connectivity index (χ4n) is 2.43. The number of phenols is 3. The van der Waals surface area contributed by atoms with E-state index in [9.17, 15) is 24.9 Å². The topological polar surface area (TPSA) is 117 Å². The molecule has 0 fully saturated rings. The number of carbonyl (C=O) groups excluding carboxylic acids is 2. The number of nitrogens with zero attached hydrogens (tertiary/aromatic N) is 1. The fourth-order valence-corrected chi connectivity index (χ4v) is 2.89. The van der Waals surface area contributed by atoms with Crippen LogP contribution in [0.1, 0.15) is 26.3 Å². The Balaban J connectivity index is 1.99. The number of hydrogen-bond acceptors (Lipinski definition) is 7. The Morgan fingerprint density at radius 3 is 2.32 bits per heavy atom. The Labute approximate surface area is 170 Å². The third kappa shape index (κ3) is 4.86. The number of hydrogen-bond donors (Lipinski definition) is 3. The smallest absolute Gasteiger partial charge is 0.338 e. The van der Waals surface area contributed by atoms with Crippen LogP contribution in [0.2, 0.25) is 0 Å². The molecule has 0 aliphatic heterocycles. The lowest BCUT2D eigenvalue weighted by Crippen LogP contribution is -2.30. The van der Waals surface area contributed by atoms with E-state index in [-0.39, 0.29) is 18.7 Å². The fraction of sp³-hybridized carbons (Fsp3) is 0.263. The third-order valence-corrected chi connectivity index (χ3v) is 4.59. The van der Waals surface area contributed by atoms with E-state index in [1.807, 2.05) is 0 Å². The molecule has 2 aromatic carbocycles. The molecule has 0 aromatic heterocycles. The summed E-state index contributed by atoms with van der Waals surface area (Å²) in [5.74, 6) is -2.21. The molecule has 0 heterocycles. The van der Waals surface area contributed by atoms with Crippen LogP contribution in [-0.4, -0.2) is 59.4 Å². The maximum Gasteiger partial charge on any atom is 0.338 e. The molecule has 1 amide bonds. The van der Waals surface area contributed by atoms with Gasteiger partial charge in [-0.2, -0.15) is 0 Å². The summed E-state index contributed by atoms with van der Waals surface area (Å²) in [5.41, 5.74) is 1.18. The number of phenolic OH excluding ortho intramolecular Hbond substituents is 3. The van der Waals surface area contributed by atoms with Gasteiger partial charge in [-0.05, 0) is 35.9 Å². The van der Waals surface area contributed by atoms with Crippen molar-refractivity contribution in [2.75, 3.05) is 27.3 Å². The molecule has 9 heteroatoms. The van der Waals surface area contributed by atoms with Crippen molar-refractivity contribution in [1.82, 2.24) is 4.90 Å². The molecule has 8 nitrogen and oxygen atoms in total. The van der Waals surface area contributed by atoms with Crippen LogP contribution in [0.15, 0.2) is 30.3 Å². The molecule has 0 saturated carbocycles. The minimum atomic E-state index is -0.680. The Hall–Kier alpha value is -2.94. The van der Waals surface area contributed by atoms with Crippen molar-refractivity contribution in [3.63, 3.8) is 0 Å². The first-order chi connectivity index (χ1) is 13.3. The SMILES string of the molecule is COC(=O)c1ccc(OCCN(C)C(=O)c2cc(O)c(O)c(O)c2)cc1CBr. The van der Waals surface area contributed by atoms with Gasteiger partial charge >= 0.3 is 5.97 Å². The molecule has 2 rings (SSSR count). The Morgan fingerprint density at radius 1 is 1.11 bits per heavy atom. The Morgan fingerprint density at radius 2 is 1.75 bits per heavy atom. The van der Waals surface area contributed by atoms with Gasteiger partial charge in [-0.1, -0.05) is 15.9 Å². The molecule has 0 bridgehead atoms. The van der Waals surface area contributed by atoms with Crippen molar-refractivity contribution in [2.24, 2.45) is 0 Å². The van der Waals surface area contributed by atoms with Gasteiger partial charge < -0.3 is 29.7 Å². The molecular formula is C19H20BrNO7. The molecule has 28 heavy (non-hydrogen) atoms. The molecule has 0 unspecified atom stereocenters. The van der Waals surface area contributed by atoms with Crippen molar-refractivity contribution in [3.8, 4) is 23.0 Å². The van der Waals surface area contributed by atoms with Gasteiger partial charge in [0.2, 0.25) is 0 Å². The van der Waals surface area contributed by atoms with Crippen LogP contribution in [0.4, 0.5) is 0 Å². The van der Waals surface area contributed by atoms with Crippen LogP contribution >= 0.6 is 15.9 Å². The monoisotopic (exact) mass is 453 g/mol.